The molecule has 0 spiro atoms. The molecule has 0 bridgehead atoms. The molecule has 0 aromatic heterocycles. The van der Waals surface area contributed by atoms with Crippen LogP contribution in [0.2, 0.25) is 0 Å². The summed E-state index contributed by atoms with van der Waals surface area (Å²) in [7, 11) is 0. The van der Waals surface area contributed by atoms with Crippen LogP contribution in [0.3, 0.4) is 0 Å². The highest BCUT2D eigenvalue weighted by atomic mass is 32.1. The number of thiocarbonyl (C=S) groups is 1. The Kier molecular flexibility index (Phi) is 2.32. The van der Waals surface area contributed by atoms with Crippen molar-refractivity contribution in [2.24, 2.45) is 5.92 Å². The van der Waals surface area contributed by atoms with Gasteiger partial charge in [0, 0.05) is 4.86 Å². The zero-order valence-corrected chi connectivity index (χ0v) is 7.47. The van der Waals surface area contributed by atoms with Gasteiger partial charge < -0.3 is 12.6 Å². The van der Waals surface area contributed by atoms with E-state index in [9.17, 15) is 0 Å². The summed E-state index contributed by atoms with van der Waals surface area (Å²) in [5, 5.41) is 0.190. The minimum absolute atomic E-state index is 0.190. The lowest BCUT2D eigenvalue weighted by Gasteiger charge is -2.44. The molecule has 0 N–H and O–H groups in total. The molecule has 2 atom stereocenters. The van der Waals surface area contributed by atoms with E-state index >= 15 is 0 Å². The van der Waals surface area contributed by atoms with Crippen molar-refractivity contribution in [3.63, 3.8) is 0 Å². The molecule has 0 heterocycles. The fraction of sp³-hybridized carbons (Fsp3) is 0.375. The summed E-state index contributed by atoms with van der Waals surface area (Å²) in [6.07, 6.45) is 3.84. The predicted octanol–water partition coefficient (Wildman–Crippen LogP) is 2.03. The molecule has 0 aromatic carbocycles. The molecule has 1 saturated carbocycles. The second kappa shape index (κ2) is 2.89. The summed E-state index contributed by atoms with van der Waals surface area (Å²) >= 11 is 10.3. The van der Waals surface area contributed by atoms with E-state index < -0.39 is 0 Å². The molecule has 1 fully saturated rings. The van der Waals surface area contributed by atoms with Gasteiger partial charge in [-0.15, -0.1) is 11.8 Å². The van der Waals surface area contributed by atoms with Crippen LogP contribution in [-0.2, 0) is 12.6 Å². The Bertz CT molecular complexity index is 203. The predicted molar refractivity (Wildman–Crippen MR) is 51.2 cm³/mol. The second-order valence-electron chi connectivity index (χ2n) is 2.29. The molecule has 0 radical (unpaired) electrons. The zero-order valence-electron chi connectivity index (χ0n) is 5.83. The maximum Gasteiger partial charge on any atom is 0.0219 e. The van der Waals surface area contributed by atoms with Crippen molar-refractivity contribution in [3.8, 4) is 0 Å². The minimum Gasteiger partial charge on any atom is -0.784 e. The van der Waals surface area contributed by atoms with Crippen LogP contribution in [0.15, 0.2) is 24.3 Å². The van der Waals surface area contributed by atoms with E-state index in [1.54, 1.807) is 0 Å². The SMILES string of the molecule is C=CC1C(=S)/C(=C\C)C1[S-]. The standard InChI is InChI=1S/C8H10S2/c1-3-5-7(9)6(4-2)8(5)10/h3-5,7,9H,1H2,2H3/p-1/b6-4-. The Labute approximate surface area is 72.4 Å². The molecular formula is C8H9S2-. The van der Waals surface area contributed by atoms with Crippen LogP contribution in [0, 0.1) is 5.92 Å². The highest BCUT2D eigenvalue weighted by Crippen LogP contribution is 2.32. The van der Waals surface area contributed by atoms with E-state index in [4.69, 9.17) is 24.8 Å². The van der Waals surface area contributed by atoms with Gasteiger partial charge in [0.05, 0.1) is 0 Å². The first-order chi connectivity index (χ1) is 4.72. The van der Waals surface area contributed by atoms with Crippen molar-refractivity contribution in [3.05, 3.63) is 24.3 Å². The van der Waals surface area contributed by atoms with Gasteiger partial charge in [-0.3, -0.25) is 0 Å². The van der Waals surface area contributed by atoms with Crippen LogP contribution >= 0.6 is 12.2 Å². The largest absolute Gasteiger partial charge is 0.784 e. The molecule has 0 aliphatic heterocycles. The number of hydrogen-bond acceptors (Lipinski definition) is 2. The average Bonchev–Trinajstić information content (AvgIpc) is 1.90. The molecule has 0 amide bonds. The van der Waals surface area contributed by atoms with Gasteiger partial charge in [0.2, 0.25) is 0 Å². The number of rotatable bonds is 1. The van der Waals surface area contributed by atoms with Crippen LogP contribution in [0.25, 0.3) is 0 Å². The third-order valence-electron chi connectivity index (χ3n) is 1.78. The van der Waals surface area contributed by atoms with E-state index in [2.05, 4.69) is 6.58 Å². The molecule has 0 aromatic rings. The Morgan fingerprint density at radius 2 is 2.30 bits per heavy atom. The Hall–Kier alpha value is -0.0800. The zero-order chi connectivity index (χ0) is 7.72. The molecule has 1 aliphatic rings. The summed E-state index contributed by atoms with van der Waals surface area (Å²) in [6.45, 7) is 5.64. The van der Waals surface area contributed by atoms with Crippen LogP contribution in [0.1, 0.15) is 6.92 Å². The van der Waals surface area contributed by atoms with Crippen molar-refractivity contribution in [2.45, 2.75) is 12.2 Å². The van der Waals surface area contributed by atoms with Crippen LogP contribution < -0.4 is 0 Å². The summed E-state index contributed by atoms with van der Waals surface area (Å²) in [5.74, 6) is 0.274. The van der Waals surface area contributed by atoms with E-state index in [1.165, 1.54) is 0 Å². The normalized spacial score (nSPS) is 35.8. The molecular weight excluding hydrogens is 160 g/mol. The van der Waals surface area contributed by atoms with Gasteiger partial charge in [-0.05, 0) is 12.8 Å². The average molecular weight is 169 g/mol. The molecule has 10 heavy (non-hydrogen) atoms. The third-order valence-corrected chi connectivity index (χ3v) is 2.84. The second-order valence-corrected chi connectivity index (χ2v) is 3.24. The summed E-state index contributed by atoms with van der Waals surface area (Å²) in [4.78, 5) is 0.984. The smallest absolute Gasteiger partial charge is 0.0219 e. The monoisotopic (exact) mass is 169 g/mol. The van der Waals surface area contributed by atoms with Crippen LogP contribution in [0.4, 0.5) is 0 Å². The van der Waals surface area contributed by atoms with Crippen molar-refractivity contribution < 1.29 is 0 Å². The van der Waals surface area contributed by atoms with Gasteiger partial charge in [-0.25, -0.2) is 0 Å². The minimum atomic E-state index is 0.190. The van der Waals surface area contributed by atoms with E-state index in [-0.39, 0.29) is 11.2 Å². The summed E-state index contributed by atoms with van der Waals surface area (Å²) in [5.41, 5.74) is 1.15. The third kappa shape index (κ3) is 0.956. The van der Waals surface area contributed by atoms with Gasteiger partial charge in [0.1, 0.15) is 0 Å². The topological polar surface area (TPSA) is 0 Å². The molecule has 1 aliphatic carbocycles. The van der Waals surface area contributed by atoms with E-state index in [1.807, 2.05) is 19.1 Å². The quantitative estimate of drug-likeness (QED) is 0.255. The van der Waals surface area contributed by atoms with Crippen LogP contribution in [-0.4, -0.2) is 10.1 Å². The number of hydrogen-bond donors (Lipinski definition) is 0. The molecule has 0 nitrogen and oxygen atoms in total. The lowest BCUT2D eigenvalue weighted by molar-refractivity contribution is 0.822. The van der Waals surface area contributed by atoms with Crippen molar-refractivity contribution in [2.75, 3.05) is 0 Å². The molecule has 54 valence electrons. The van der Waals surface area contributed by atoms with E-state index in [0.717, 1.165) is 10.4 Å². The lowest BCUT2D eigenvalue weighted by Crippen LogP contribution is -2.40. The van der Waals surface area contributed by atoms with Gasteiger partial charge in [-0.1, -0.05) is 29.9 Å². The first-order valence-electron chi connectivity index (χ1n) is 3.21. The maximum absolute atomic E-state index is 5.16. The molecule has 1 rings (SSSR count). The molecule has 2 unspecified atom stereocenters. The number of allylic oxidation sites excluding steroid dienone is 2. The first kappa shape index (κ1) is 8.02. The Morgan fingerprint density at radius 3 is 2.60 bits per heavy atom. The Balaban J connectivity index is 2.77. The Morgan fingerprint density at radius 1 is 1.70 bits per heavy atom. The molecule has 2 heteroatoms. The highest BCUT2D eigenvalue weighted by molar-refractivity contribution is 7.81. The van der Waals surface area contributed by atoms with Gasteiger partial charge in [-0.2, -0.15) is 0 Å². The van der Waals surface area contributed by atoms with Crippen molar-refractivity contribution in [1.29, 1.82) is 0 Å². The van der Waals surface area contributed by atoms with E-state index in [0.29, 0.717) is 0 Å². The fourth-order valence-electron chi connectivity index (χ4n) is 1.10. The van der Waals surface area contributed by atoms with Gasteiger partial charge in [0.25, 0.3) is 0 Å². The maximum atomic E-state index is 5.16. The highest BCUT2D eigenvalue weighted by Gasteiger charge is 2.28. The summed E-state index contributed by atoms with van der Waals surface area (Å²) < 4.78 is 0. The molecule has 0 saturated heterocycles. The van der Waals surface area contributed by atoms with Crippen molar-refractivity contribution >= 4 is 29.7 Å². The van der Waals surface area contributed by atoms with Crippen molar-refractivity contribution in [1.82, 2.24) is 0 Å². The summed E-state index contributed by atoms with van der Waals surface area (Å²) in [6, 6.07) is 0. The first-order valence-corrected chi connectivity index (χ1v) is 4.09. The fourth-order valence-corrected chi connectivity index (χ4v) is 2.25. The van der Waals surface area contributed by atoms with Gasteiger partial charge >= 0.3 is 0 Å². The van der Waals surface area contributed by atoms with Gasteiger partial charge in [0.15, 0.2) is 0 Å². The lowest BCUT2D eigenvalue weighted by atomic mass is 9.79. The van der Waals surface area contributed by atoms with Crippen LogP contribution in [0.5, 0.6) is 0 Å².